The van der Waals surface area contributed by atoms with Crippen LogP contribution in [-0.2, 0) is 24.2 Å². The average molecular weight is 464 g/mol. The third kappa shape index (κ3) is 4.64. The van der Waals surface area contributed by atoms with Crippen LogP contribution >= 0.6 is 11.6 Å². The van der Waals surface area contributed by atoms with E-state index in [2.05, 4.69) is 4.98 Å². The van der Waals surface area contributed by atoms with Crippen LogP contribution in [0.15, 0.2) is 54.7 Å². The molecule has 1 aromatic heterocycles. The second-order valence-electron chi connectivity index (χ2n) is 8.25. The third-order valence-electron chi connectivity index (χ3n) is 5.89. The first kappa shape index (κ1) is 22.6. The minimum absolute atomic E-state index is 0.0574. The molecule has 0 radical (unpaired) electrons. The number of nitro groups is 1. The molecule has 1 atom stereocenters. The second kappa shape index (κ2) is 9.11. The first-order valence-corrected chi connectivity index (χ1v) is 10.9. The normalized spacial score (nSPS) is 15.8. The number of fused-ring (bicyclic) bond motifs is 1. The molecule has 8 heteroatoms. The highest BCUT2D eigenvalue weighted by atomic mass is 35.5. The van der Waals surface area contributed by atoms with Crippen molar-refractivity contribution in [2.24, 2.45) is 0 Å². The molecule has 3 aromatic rings. The highest BCUT2D eigenvalue weighted by molar-refractivity contribution is 6.30. The number of pyridine rings is 1. The number of carbonyl (C=O) groups is 2. The molecule has 0 fully saturated rings. The minimum Gasteiger partial charge on any atom is -0.324 e. The monoisotopic (exact) mass is 463 g/mol. The summed E-state index contributed by atoms with van der Waals surface area (Å²) in [6.07, 6.45) is 2.02. The van der Waals surface area contributed by atoms with Gasteiger partial charge >= 0.3 is 0 Å². The maximum Gasteiger partial charge on any atom is 0.275 e. The number of benzene rings is 2. The molecule has 4 rings (SSSR count). The number of nitrogens with zero attached hydrogens (tertiary/aromatic N) is 3. The fraction of sp³-hybridized carbons (Fsp3) is 0.240. The Labute approximate surface area is 196 Å². The molecule has 0 saturated carbocycles. The lowest BCUT2D eigenvalue weighted by Crippen LogP contribution is -2.45. The number of carbonyl (C=O) groups excluding carboxylic acids is 2. The molecule has 0 bridgehead atoms. The Morgan fingerprint density at radius 2 is 1.85 bits per heavy atom. The molecule has 0 N–H and O–H groups in total. The predicted molar refractivity (Wildman–Crippen MR) is 124 cm³/mol. The maximum atomic E-state index is 13.6. The lowest BCUT2D eigenvalue weighted by atomic mass is 9.99. The Balaban J connectivity index is 1.78. The largest absolute Gasteiger partial charge is 0.324 e. The van der Waals surface area contributed by atoms with E-state index in [0.717, 1.165) is 5.56 Å². The number of halogens is 1. The second-order valence-corrected chi connectivity index (χ2v) is 8.69. The Kier molecular flexibility index (Phi) is 6.24. The van der Waals surface area contributed by atoms with E-state index >= 15 is 0 Å². The zero-order chi connectivity index (χ0) is 23.7. The van der Waals surface area contributed by atoms with Gasteiger partial charge in [0.1, 0.15) is 0 Å². The summed E-state index contributed by atoms with van der Waals surface area (Å²) in [6.45, 7) is 3.49. The number of Topliss-reactive ketones (excluding diaryl/α,β-unsaturated/α-hetero) is 1. The van der Waals surface area contributed by atoms with Crippen LogP contribution in [0, 0.1) is 24.0 Å². The minimum atomic E-state index is -0.727. The number of rotatable bonds is 5. The SMILES string of the molecule is Cc1cc(CN2C(=O)c3ccc(Cl)cc3CC(=O)[C@H]2Cc2ccccn2)cc(C)c1[N+](=O)[O-]. The van der Waals surface area contributed by atoms with Crippen molar-refractivity contribution in [1.29, 1.82) is 0 Å². The smallest absolute Gasteiger partial charge is 0.275 e. The van der Waals surface area contributed by atoms with Crippen LogP contribution in [0.25, 0.3) is 0 Å². The number of aryl methyl sites for hydroxylation is 2. The van der Waals surface area contributed by atoms with Crippen LogP contribution < -0.4 is 0 Å². The summed E-state index contributed by atoms with van der Waals surface area (Å²) in [6, 6.07) is 13.1. The number of ketones is 1. The molecule has 1 aliphatic rings. The van der Waals surface area contributed by atoms with Crippen LogP contribution in [0.1, 0.15) is 38.3 Å². The van der Waals surface area contributed by atoms with Crippen molar-refractivity contribution >= 4 is 29.0 Å². The van der Waals surface area contributed by atoms with Gasteiger partial charge in [0.15, 0.2) is 5.78 Å². The summed E-state index contributed by atoms with van der Waals surface area (Å²) in [4.78, 5) is 43.9. The number of aromatic nitrogens is 1. The summed E-state index contributed by atoms with van der Waals surface area (Å²) in [7, 11) is 0. The highest BCUT2D eigenvalue weighted by Gasteiger charge is 2.36. The van der Waals surface area contributed by atoms with E-state index in [1.165, 1.54) is 0 Å². The number of nitro benzene ring substituents is 1. The maximum absolute atomic E-state index is 13.6. The van der Waals surface area contributed by atoms with Gasteiger partial charge in [-0.2, -0.15) is 0 Å². The molecule has 0 saturated heterocycles. The first-order chi connectivity index (χ1) is 15.7. The van der Waals surface area contributed by atoms with Crippen LogP contribution in [0.3, 0.4) is 0 Å². The van der Waals surface area contributed by atoms with Gasteiger partial charge in [0, 0.05) is 53.0 Å². The summed E-state index contributed by atoms with van der Waals surface area (Å²) in [5.74, 6) is -0.382. The quantitative estimate of drug-likeness (QED) is 0.406. The highest BCUT2D eigenvalue weighted by Crippen LogP contribution is 2.29. The van der Waals surface area contributed by atoms with E-state index in [-0.39, 0.29) is 36.8 Å². The Hall–Kier alpha value is -3.58. The summed E-state index contributed by atoms with van der Waals surface area (Å²) < 4.78 is 0. The zero-order valence-electron chi connectivity index (χ0n) is 18.2. The number of hydrogen-bond donors (Lipinski definition) is 0. The van der Waals surface area contributed by atoms with Gasteiger partial charge in [-0.3, -0.25) is 24.7 Å². The van der Waals surface area contributed by atoms with Gasteiger partial charge in [-0.15, -0.1) is 0 Å². The van der Waals surface area contributed by atoms with Crippen molar-refractivity contribution in [3.8, 4) is 0 Å². The molecule has 1 aliphatic heterocycles. The Morgan fingerprint density at radius 1 is 1.12 bits per heavy atom. The van der Waals surface area contributed by atoms with E-state index in [1.54, 1.807) is 61.3 Å². The molecule has 2 heterocycles. The summed E-state index contributed by atoms with van der Waals surface area (Å²) in [5.41, 5.74) is 3.54. The van der Waals surface area contributed by atoms with Gasteiger partial charge in [0.05, 0.1) is 11.0 Å². The van der Waals surface area contributed by atoms with Crippen molar-refractivity contribution in [1.82, 2.24) is 9.88 Å². The summed E-state index contributed by atoms with van der Waals surface area (Å²) >= 11 is 6.13. The Bertz CT molecular complexity index is 1240. The fourth-order valence-electron chi connectivity index (χ4n) is 4.44. The zero-order valence-corrected chi connectivity index (χ0v) is 19.0. The van der Waals surface area contributed by atoms with Crippen molar-refractivity contribution in [3.05, 3.63) is 103 Å². The van der Waals surface area contributed by atoms with Crippen LogP contribution in [0.5, 0.6) is 0 Å². The molecular formula is C25H22ClN3O4. The van der Waals surface area contributed by atoms with E-state index in [0.29, 0.717) is 33.0 Å². The molecule has 0 spiro atoms. The first-order valence-electron chi connectivity index (χ1n) is 10.5. The van der Waals surface area contributed by atoms with Crippen LogP contribution in [-0.4, -0.2) is 32.5 Å². The molecule has 168 valence electrons. The fourth-order valence-corrected chi connectivity index (χ4v) is 4.63. The van der Waals surface area contributed by atoms with Crippen molar-refractivity contribution in [2.75, 3.05) is 0 Å². The molecule has 33 heavy (non-hydrogen) atoms. The Morgan fingerprint density at radius 3 is 2.48 bits per heavy atom. The van der Waals surface area contributed by atoms with Gasteiger partial charge in [-0.25, -0.2) is 0 Å². The van der Waals surface area contributed by atoms with Crippen molar-refractivity contribution < 1.29 is 14.5 Å². The van der Waals surface area contributed by atoms with Crippen LogP contribution in [0.2, 0.25) is 5.02 Å². The van der Waals surface area contributed by atoms with Gasteiger partial charge in [0.25, 0.3) is 11.6 Å². The van der Waals surface area contributed by atoms with Gasteiger partial charge in [-0.05, 0) is 67.4 Å². The molecule has 0 aliphatic carbocycles. The third-order valence-corrected chi connectivity index (χ3v) is 6.12. The summed E-state index contributed by atoms with van der Waals surface area (Å²) in [5, 5.41) is 11.8. The van der Waals surface area contributed by atoms with Crippen molar-refractivity contribution in [3.63, 3.8) is 0 Å². The van der Waals surface area contributed by atoms with E-state index in [4.69, 9.17) is 11.6 Å². The van der Waals surface area contributed by atoms with Crippen LogP contribution in [0.4, 0.5) is 5.69 Å². The lowest BCUT2D eigenvalue weighted by molar-refractivity contribution is -0.386. The molecule has 1 amide bonds. The number of hydrogen-bond acceptors (Lipinski definition) is 5. The molecule has 2 aromatic carbocycles. The molecule has 0 unspecified atom stereocenters. The average Bonchev–Trinajstić information content (AvgIpc) is 2.83. The van der Waals surface area contributed by atoms with E-state index < -0.39 is 11.0 Å². The van der Waals surface area contributed by atoms with Gasteiger partial charge in [-0.1, -0.05) is 17.7 Å². The topological polar surface area (TPSA) is 93.4 Å². The molecular weight excluding hydrogens is 442 g/mol. The van der Waals surface area contributed by atoms with Gasteiger partial charge < -0.3 is 4.90 Å². The van der Waals surface area contributed by atoms with E-state index in [1.807, 2.05) is 12.1 Å². The lowest BCUT2D eigenvalue weighted by Gasteiger charge is -2.29. The number of amides is 1. The van der Waals surface area contributed by atoms with Gasteiger partial charge in [0.2, 0.25) is 0 Å². The molecule has 7 nitrogen and oxygen atoms in total. The predicted octanol–water partition coefficient (Wildman–Crippen LogP) is 4.64. The van der Waals surface area contributed by atoms with E-state index in [9.17, 15) is 19.7 Å². The standard InChI is InChI=1S/C25H22ClN3O4/c1-15-9-17(10-16(2)24(15)29(32)33)14-28-22(13-20-5-3-4-8-27-20)23(30)12-18-11-19(26)6-7-21(18)25(28)31/h3-11,22H,12-14H2,1-2H3/t22-/m1/s1. The van der Waals surface area contributed by atoms with Crippen molar-refractivity contribution in [2.45, 2.75) is 39.3 Å².